The number of carbonyl (C=O) groups is 2. The van der Waals surface area contributed by atoms with Crippen LogP contribution in [-0.4, -0.2) is 25.2 Å². The summed E-state index contributed by atoms with van der Waals surface area (Å²) < 4.78 is 10.5. The number of unbranched alkanes of at least 4 members (excludes halogenated alkanes) is 7. The maximum atomic E-state index is 12.3. The van der Waals surface area contributed by atoms with Crippen LogP contribution in [0.25, 0.3) is 0 Å². The molecule has 0 amide bonds. The molecule has 0 spiro atoms. The van der Waals surface area contributed by atoms with E-state index >= 15 is 0 Å². The molecule has 0 radical (unpaired) electrons. The molecule has 0 saturated carbocycles. The topological polar surface area (TPSA) is 52.6 Å². The number of carbonyl (C=O) groups excluding carboxylic acids is 2. The van der Waals surface area contributed by atoms with Crippen LogP contribution in [0.2, 0.25) is 0 Å². The molecule has 0 rings (SSSR count). The summed E-state index contributed by atoms with van der Waals surface area (Å²) in [6, 6.07) is 0. The first-order valence-electron chi connectivity index (χ1n) is 10.4. The maximum Gasteiger partial charge on any atom is 0.334 e. The van der Waals surface area contributed by atoms with Crippen LogP contribution in [0.3, 0.4) is 0 Å². The average Bonchev–Trinajstić information content (AvgIpc) is 2.59. The van der Waals surface area contributed by atoms with Gasteiger partial charge in [0.1, 0.15) is 0 Å². The van der Waals surface area contributed by atoms with Gasteiger partial charge in [0, 0.05) is 11.6 Å². The normalized spacial score (nSPS) is 11.9. The van der Waals surface area contributed by atoms with Crippen molar-refractivity contribution in [3.05, 3.63) is 11.6 Å². The minimum Gasteiger partial charge on any atom is -0.462 e. The Morgan fingerprint density at radius 1 is 0.769 bits per heavy atom. The van der Waals surface area contributed by atoms with Gasteiger partial charge >= 0.3 is 11.9 Å². The van der Waals surface area contributed by atoms with E-state index in [2.05, 4.69) is 6.92 Å². The lowest BCUT2D eigenvalue weighted by Gasteiger charge is -2.11. The summed E-state index contributed by atoms with van der Waals surface area (Å²) in [5.74, 6) is -0.287. The van der Waals surface area contributed by atoms with Crippen molar-refractivity contribution in [3.8, 4) is 0 Å². The van der Waals surface area contributed by atoms with Crippen LogP contribution in [0.5, 0.6) is 0 Å². The van der Waals surface area contributed by atoms with Crippen molar-refractivity contribution in [2.45, 2.75) is 92.4 Å². The zero-order chi connectivity index (χ0) is 19.8. The average molecular weight is 369 g/mol. The van der Waals surface area contributed by atoms with E-state index in [1.54, 1.807) is 0 Å². The highest BCUT2D eigenvalue weighted by Gasteiger charge is 2.14. The van der Waals surface area contributed by atoms with Gasteiger partial charge in [-0.3, -0.25) is 0 Å². The SMILES string of the molecule is CCCCCCCCCCC(=CC(=O)OCC(C)C)C(=O)OCC(C)C. The molecule has 0 unspecified atom stereocenters. The predicted molar refractivity (Wildman–Crippen MR) is 107 cm³/mol. The highest BCUT2D eigenvalue weighted by atomic mass is 16.5. The third-order valence-electron chi connectivity index (χ3n) is 3.96. The van der Waals surface area contributed by atoms with Crippen molar-refractivity contribution in [1.82, 2.24) is 0 Å². The van der Waals surface area contributed by atoms with Gasteiger partial charge in [0.05, 0.1) is 13.2 Å². The van der Waals surface area contributed by atoms with Crippen molar-refractivity contribution in [1.29, 1.82) is 0 Å². The summed E-state index contributed by atoms with van der Waals surface area (Å²) in [6.45, 7) is 10.9. The zero-order valence-corrected chi connectivity index (χ0v) is 17.6. The third kappa shape index (κ3) is 15.0. The molecule has 0 saturated heterocycles. The quantitative estimate of drug-likeness (QED) is 0.207. The van der Waals surface area contributed by atoms with E-state index < -0.39 is 5.97 Å². The van der Waals surface area contributed by atoms with Gasteiger partial charge in [-0.1, -0.05) is 79.6 Å². The predicted octanol–water partition coefficient (Wildman–Crippen LogP) is 5.84. The fourth-order valence-corrected chi connectivity index (χ4v) is 2.45. The molecule has 0 aliphatic carbocycles. The van der Waals surface area contributed by atoms with E-state index in [0.29, 0.717) is 25.2 Å². The Kier molecular flexibility index (Phi) is 15.1. The first kappa shape index (κ1) is 24.7. The largest absolute Gasteiger partial charge is 0.462 e. The summed E-state index contributed by atoms with van der Waals surface area (Å²) in [7, 11) is 0. The summed E-state index contributed by atoms with van der Waals surface area (Å²) >= 11 is 0. The zero-order valence-electron chi connectivity index (χ0n) is 17.6. The molecule has 0 aliphatic heterocycles. The van der Waals surface area contributed by atoms with Crippen molar-refractivity contribution in [2.24, 2.45) is 11.8 Å². The summed E-state index contributed by atoms with van der Waals surface area (Å²) in [5.41, 5.74) is 0.436. The second kappa shape index (κ2) is 15.9. The molecule has 0 aromatic carbocycles. The molecular formula is C22H40O4. The lowest BCUT2D eigenvalue weighted by Crippen LogP contribution is -2.15. The molecule has 0 atom stereocenters. The summed E-state index contributed by atoms with van der Waals surface area (Å²) in [6.07, 6.45) is 11.5. The van der Waals surface area contributed by atoms with E-state index in [-0.39, 0.29) is 17.8 Å². The minimum atomic E-state index is -0.449. The third-order valence-corrected chi connectivity index (χ3v) is 3.96. The van der Waals surface area contributed by atoms with E-state index in [0.717, 1.165) is 12.8 Å². The standard InChI is InChI=1S/C22H40O4/c1-6-7-8-9-10-11-12-13-14-20(22(24)26-17-19(4)5)15-21(23)25-16-18(2)3/h15,18-19H,6-14,16-17H2,1-5H3. The number of ether oxygens (including phenoxy) is 2. The van der Waals surface area contributed by atoms with Gasteiger partial charge in [-0.15, -0.1) is 0 Å². The van der Waals surface area contributed by atoms with Crippen LogP contribution in [0.1, 0.15) is 92.4 Å². The molecular weight excluding hydrogens is 328 g/mol. The highest BCUT2D eigenvalue weighted by molar-refractivity contribution is 5.96. The molecule has 0 heterocycles. The van der Waals surface area contributed by atoms with E-state index in [9.17, 15) is 9.59 Å². The first-order valence-corrected chi connectivity index (χ1v) is 10.4. The maximum absolute atomic E-state index is 12.3. The van der Waals surface area contributed by atoms with Crippen LogP contribution in [-0.2, 0) is 19.1 Å². The molecule has 0 bridgehead atoms. The van der Waals surface area contributed by atoms with E-state index in [4.69, 9.17) is 9.47 Å². The Balaban J connectivity index is 4.40. The van der Waals surface area contributed by atoms with Crippen LogP contribution < -0.4 is 0 Å². The molecule has 26 heavy (non-hydrogen) atoms. The molecule has 0 fully saturated rings. The Hall–Kier alpha value is -1.32. The number of hydrogen-bond acceptors (Lipinski definition) is 4. The molecule has 0 aromatic rings. The van der Waals surface area contributed by atoms with Crippen molar-refractivity contribution in [3.63, 3.8) is 0 Å². The molecule has 0 aromatic heterocycles. The Morgan fingerprint density at radius 3 is 1.81 bits per heavy atom. The van der Waals surface area contributed by atoms with Gasteiger partial charge in [-0.25, -0.2) is 9.59 Å². The highest BCUT2D eigenvalue weighted by Crippen LogP contribution is 2.15. The molecule has 4 heteroatoms. The Labute approximate surface area is 160 Å². The molecule has 0 N–H and O–H groups in total. The minimum absolute atomic E-state index is 0.274. The van der Waals surface area contributed by atoms with Crippen LogP contribution >= 0.6 is 0 Å². The summed E-state index contributed by atoms with van der Waals surface area (Å²) in [5, 5.41) is 0. The van der Waals surface area contributed by atoms with Gasteiger partial charge in [0.2, 0.25) is 0 Å². The van der Waals surface area contributed by atoms with Gasteiger partial charge < -0.3 is 9.47 Å². The van der Waals surface area contributed by atoms with Gasteiger partial charge in [0.25, 0.3) is 0 Å². The Morgan fingerprint density at radius 2 is 1.27 bits per heavy atom. The fraction of sp³-hybridized carbons (Fsp3) is 0.818. The number of hydrogen-bond donors (Lipinski definition) is 0. The number of esters is 2. The number of rotatable bonds is 15. The smallest absolute Gasteiger partial charge is 0.334 e. The van der Waals surface area contributed by atoms with Gasteiger partial charge in [-0.2, -0.15) is 0 Å². The van der Waals surface area contributed by atoms with Crippen LogP contribution in [0.15, 0.2) is 11.6 Å². The van der Waals surface area contributed by atoms with E-state index in [1.165, 1.54) is 44.6 Å². The lowest BCUT2D eigenvalue weighted by molar-refractivity contribution is -0.142. The second-order valence-corrected chi connectivity index (χ2v) is 7.91. The fourth-order valence-electron chi connectivity index (χ4n) is 2.45. The van der Waals surface area contributed by atoms with E-state index in [1.807, 2.05) is 27.7 Å². The lowest BCUT2D eigenvalue weighted by atomic mass is 10.0. The van der Waals surface area contributed by atoms with Crippen LogP contribution in [0.4, 0.5) is 0 Å². The summed E-state index contributed by atoms with van der Waals surface area (Å²) in [4.78, 5) is 24.2. The van der Waals surface area contributed by atoms with Crippen LogP contribution in [0, 0.1) is 11.8 Å². The van der Waals surface area contributed by atoms with Crippen molar-refractivity contribution >= 4 is 11.9 Å². The Bertz CT molecular complexity index is 410. The second-order valence-electron chi connectivity index (χ2n) is 7.91. The monoisotopic (exact) mass is 368 g/mol. The van der Waals surface area contributed by atoms with Crippen molar-refractivity contribution in [2.75, 3.05) is 13.2 Å². The van der Waals surface area contributed by atoms with Gasteiger partial charge in [-0.05, 0) is 24.7 Å². The molecule has 0 aliphatic rings. The molecule has 152 valence electrons. The van der Waals surface area contributed by atoms with Crippen molar-refractivity contribution < 1.29 is 19.1 Å². The van der Waals surface area contributed by atoms with Gasteiger partial charge in [0.15, 0.2) is 0 Å². The first-order chi connectivity index (χ1) is 12.4. The molecule has 4 nitrogen and oxygen atoms in total.